The van der Waals surface area contributed by atoms with Gasteiger partial charge in [-0.05, 0) is 19.1 Å². The van der Waals surface area contributed by atoms with Gasteiger partial charge in [0.25, 0.3) is 0 Å². The minimum Gasteiger partial charge on any atom is -0.339 e. The second kappa shape index (κ2) is 5.93. The van der Waals surface area contributed by atoms with Crippen LogP contribution in [0.15, 0.2) is 72.3 Å². The molecule has 4 rings (SSSR count). The van der Waals surface area contributed by atoms with Crippen LogP contribution in [-0.4, -0.2) is 19.4 Å². The van der Waals surface area contributed by atoms with Crippen molar-refractivity contribution >= 4 is 17.4 Å². The first kappa shape index (κ1) is 14.1. The van der Waals surface area contributed by atoms with Crippen molar-refractivity contribution in [2.45, 2.75) is 17.3 Å². The predicted molar refractivity (Wildman–Crippen MR) is 93.5 cm³/mol. The lowest BCUT2D eigenvalue weighted by molar-refractivity contribution is 0.995. The first-order valence-electron chi connectivity index (χ1n) is 7.51. The Morgan fingerprint density at radius 2 is 1.87 bits per heavy atom. The van der Waals surface area contributed by atoms with Crippen molar-refractivity contribution in [1.82, 2.24) is 19.4 Å². The summed E-state index contributed by atoms with van der Waals surface area (Å²) in [5, 5.41) is 1.14. The van der Waals surface area contributed by atoms with Crippen LogP contribution in [0, 0.1) is 0 Å². The molecule has 0 aliphatic carbocycles. The molecule has 114 valence electrons. The number of rotatable bonds is 4. The van der Waals surface area contributed by atoms with Gasteiger partial charge < -0.3 is 9.38 Å². The van der Waals surface area contributed by atoms with Gasteiger partial charge in [0.05, 0.1) is 16.6 Å². The Kier molecular flexibility index (Phi) is 3.63. The lowest BCUT2D eigenvalue weighted by Gasteiger charge is -2.04. The number of hydrogen-bond donors (Lipinski definition) is 1. The van der Waals surface area contributed by atoms with Crippen molar-refractivity contribution in [3.05, 3.63) is 72.8 Å². The summed E-state index contributed by atoms with van der Waals surface area (Å²) in [5.41, 5.74) is 4.12. The molecule has 23 heavy (non-hydrogen) atoms. The molecule has 4 nitrogen and oxygen atoms in total. The van der Waals surface area contributed by atoms with Crippen LogP contribution in [0.25, 0.3) is 16.9 Å². The van der Waals surface area contributed by atoms with E-state index in [1.54, 1.807) is 11.8 Å². The molecule has 0 amide bonds. The Labute approximate surface area is 138 Å². The quantitative estimate of drug-likeness (QED) is 0.560. The Morgan fingerprint density at radius 1 is 1.04 bits per heavy atom. The molecule has 1 atom stereocenters. The average Bonchev–Trinajstić information content (AvgIpc) is 3.22. The summed E-state index contributed by atoms with van der Waals surface area (Å²) < 4.78 is 2.05. The van der Waals surface area contributed by atoms with Crippen molar-refractivity contribution in [2.24, 2.45) is 0 Å². The van der Waals surface area contributed by atoms with E-state index < -0.39 is 0 Å². The van der Waals surface area contributed by atoms with Crippen LogP contribution in [-0.2, 0) is 0 Å². The molecule has 0 saturated heterocycles. The van der Waals surface area contributed by atoms with Crippen LogP contribution in [0.3, 0.4) is 0 Å². The monoisotopic (exact) mass is 320 g/mol. The number of hydrogen-bond acceptors (Lipinski definition) is 3. The van der Waals surface area contributed by atoms with Crippen molar-refractivity contribution in [3.8, 4) is 11.3 Å². The third-order valence-corrected chi connectivity index (χ3v) is 4.74. The number of pyridine rings is 1. The molecule has 4 aromatic rings. The Morgan fingerprint density at radius 3 is 2.70 bits per heavy atom. The predicted octanol–water partition coefficient (Wildman–Crippen LogP) is 4.58. The third-order valence-electron chi connectivity index (χ3n) is 3.71. The van der Waals surface area contributed by atoms with Crippen LogP contribution in [0.4, 0.5) is 0 Å². The number of aromatic amines is 1. The number of aromatic nitrogens is 4. The lowest BCUT2D eigenvalue weighted by Crippen LogP contribution is -1.89. The fourth-order valence-corrected chi connectivity index (χ4v) is 3.35. The fourth-order valence-electron chi connectivity index (χ4n) is 2.50. The summed E-state index contributed by atoms with van der Waals surface area (Å²) in [6.45, 7) is 2.15. The first-order chi connectivity index (χ1) is 11.3. The molecule has 0 bridgehead atoms. The molecule has 0 aliphatic rings. The van der Waals surface area contributed by atoms with E-state index in [0.29, 0.717) is 0 Å². The van der Waals surface area contributed by atoms with E-state index in [9.17, 15) is 0 Å². The molecular formula is C18H16N4S. The van der Waals surface area contributed by atoms with Crippen molar-refractivity contribution < 1.29 is 0 Å². The SMILES string of the molecule is CC(Sc1nc(-c2ccccc2)c[nH]1)c1cn2ccccc2n1. The fraction of sp³-hybridized carbons (Fsp3) is 0.111. The van der Waals surface area contributed by atoms with Crippen molar-refractivity contribution in [2.75, 3.05) is 0 Å². The maximum atomic E-state index is 4.67. The van der Waals surface area contributed by atoms with Crippen LogP contribution in [0.1, 0.15) is 17.9 Å². The van der Waals surface area contributed by atoms with Gasteiger partial charge in [0.2, 0.25) is 0 Å². The normalized spacial score (nSPS) is 12.6. The number of nitrogens with zero attached hydrogens (tertiary/aromatic N) is 3. The summed E-state index contributed by atoms with van der Waals surface area (Å²) in [7, 11) is 0. The second-order valence-corrected chi connectivity index (χ2v) is 6.68. The minimum atomic E-state index is 0.227. The standard InChI is InChI=1S/C18H16N4S/c1-13(16-12-22-10-6-5-9-17(22)20-16)23-18-19-11-15(21-18)14-7-3-2-4-8-14/h2-13H,1H3,(H,19,21). The van der Waals surface area contributed by atoms with Gasteiger partial charge in [-0.3, -0.25) is 0 Å². The zero-order chi connectivity index (χ0) is 15.6. The Bertz CT molecular complexity index is 893. The second-order valence-electron chi connectivity index (χ2n) is 5.35. The summed E-state index contributed by atoms with van der Waals surface area (Å²) in [5.74, 6) is 0. The summed E-state index contributed by atoms with van der Waals surface area (Å²) in [6, 6.07) is 16.2. The van der Waals surface area contributed by atoms with Crippen LogP contribution in [0.2, 0.25) is 0 Å². The van der Waals surface area contributed by atoms with E-state index in [0.717, 1.165) is 27.8 Å². The van der Waals surface area contributed by atoms with E-state index in [4.69, 9.17) is 0 Å². The van der Waals surface area contributed by atoms with Gasteiger partial charge in [0, 0.05) is 24.2 Å². The van der Waals surface area contributed by atoms with Gasteiger partial charge in [-0.15, -0.1) is 0 Å². The molecule has 0 fully saturated rings. The van der Waals surface area contributed by atoms with Crippen molar-refractivity contribution in [1.29, 1.82) is 0 Å². The van der Waals surface area contributed by atoms with Gasteiger partial charge in [0.1, 0.15) is 5.65 Å². The maximum absolute atomic E-state index is 4.67. The first-order valence-corrected chi connectivity index (χ1v) is 8.39. The molecule has 0 radical (unpaired) electrons. The topological polar surface area (TPSA) is 46.0 Å². The highest BCUT2D eigenvalue weighted by molar-refractivity contribution is 7.99. The van der Waals surface area contributed by atoms with Crippen LogP contribution in [0.5, 0.6) is 0 Å². The van der Waals surface area contributed by atoms with E-state index in [2.05, 4.69) is 40.2 Å². The molecule has 5 heteroatoms. The third kappa shape index (κ3) is 2.87. The zero-order valence-electron chi connectivity index (χ0n) is 12.7. The molecule has 0 spiro atoms. The largest absolute Gasteiger partial charge is 0.339 e. The Hall–Kier alpha value is -2.53. The highest BCUT2D eigenvalue weighted by atomic mass is 32.2. The molecule has 0 aliphatic heterocycles. The molecule has 1 unspecified atom stereocenters. The van der Waals surface area contributed by atoms with Gasteiger partial charge in [0.15, 0.2) is 5.16 Å². The molecule has 1 aromatic carbocycles. The average molecular weight is 320 g/mol. The van der Waals surface area contributed by atoms with Crippen LogP contribution < -0.4 is 0 Å². The van der Waals surface area contributed by atoms with E-state index in [1.165, 1.54) is 0 Å². The highest BCUT2D eigenvalue weighted by Crippen LogP contribution is 2.33. The van der Waals surface area contributed by atoms with Crippen molar-refractivity contribution in [3.63, 3.8) is 0 Å². The number of fused-ring (bicyclic) bond motifs is 1. The van der Waals surface area contributed by atoms with Gasteiger partial charge in [-0.2, -0.15) is 0 Å². The van der Waals surface area contributed by atoms with Crippen LogP contribution >= 0.6 is 11.8 Å². The smallest absolute Gasteiger partial charge is 0.166 e. The molecule has 1 N–H and O–H groups in total. The van der Waals surface area contributed by atoms with E-state index in [1.807, 2.05) is 53.2 Å². The Balaban J connectivity index is 1.54. The zero-order valence-corrected chi connectivity index (χ0v) is 13.5. The maximum Gasteiger partial charge on any atom is 0.166 e. The number of thioether (sulfide) groups is 1. The minimum absolute atomic E-state index is 0.227. The van der Waals surface area contributed by atoms with Gasteiger partial charge in [-0.25, -0.2) is 9.97 Å². The lowest BCUT2D eigenvalue weighted by atomic mass is 10.2. The summed E-state index contributed by atoms with van der Waals surface area (Å²) in [4.78, 5) is 12.6. The molecule has 3 aromatic heterocycles. The number of H-pyrrole nitrogens is 1. The molecule has 3 heterocycles. The summed E-state index contributed by atoms with van der Waals surface area (Å²) >= 11 is 1.68. The number of nitrogens with one attached hydrogen (secondary N) is 1. The molecular weight excluding hydrogens is 304 g/mol. The number of benzene rings is 1. The van der Waals surface area contributed by atoms with E-state index in [-0.39, 0.29) is 5.25 Å². The van der Waals surface area contributed by atoms with Gasteiger partial charge >= 0.3 is 0 Å². The van der Waals surface area contributed by atoms with Gasteiger partial charge in [-0.1, -0.05) is 48.2 Å². The summed E-state index contributed by atoms with van der Waals surface area (Å²) in [6.07, 6.45) is 6.05. The molecule has 0 saturated carbocycles. The number of imidazole rings is 2. The highest BCUT2D eigenvalue weighted by Gasteiger charge is 2.14. The van der Waals surface area contributed by atoms with E-state index >= 15 is 0 Å².